The number of carbonyl (C=O) groups excluding carboxylic acids is 2. The molecule has 0 aliphatic rings. The highest BCUT2D eigenvalue weighted by Crippen LogP contribution is 2.33. The molecule has 4 nitrogen and oxygen atoms in total. The van der Waals surface area contributed by atoms with Crippen LogP contribution in [0, 0.1) is 5.82 Å². The van der Waals surface area contributed by atoms with E-state index in [1.807, 2.05) is 0 Å². The highest BCUT2D eigenvalue weighted by atomic mass is 35.5. The predicted octanol–water partition coefficient (Wildman–Crippen LogP) is 4.91. The Morgan fingerprint density at radius 1 is 0.931 bits per heavy atom. The second kappa shape index (κ2) is 8.88. The van der Waals surface area contributed by atoms with E-state index < -0.39 is 29.7 Å². The molecule has 0 saturated heterocycles. The van der Waals surface area contributed by atoms with E-state index in [4.69, 9.17) is 17.3 Å². The molecule has 0 aliphatic carbocycles. The van der Waals surface area contributed by atoms with E-state index in [-0.39, 0.29) is 5.56 Å². The molecule has 0 radical (unpaired) electrons. The summed E-state index contributed by atoms with van der Waals surface area (Å²) in [5.41, 5.74) is 6.82. The first-order valence-corrected chi connectivity index (χ1v) is 9.45. The van der Waals surface area contributed by atoms with Gasteiger partial charge in [0, 0.05) is 5.02 Å². The van der Waals surface area contributed by atoms with E-state index in [0.29, 0.717) is 16.1 Å². The van der Waals surface area contributed by atoms with Crippen LogP contribution in [0.3, 0.4) is 0 Å². The van der Waals surface area contributed by atoms with Gasteiger partial charge < -0.3 is 10.6 Å². The molecule has 29 heavy (non-hydrogen) atoms. The van der Waals surface area contributed by atoms with E-state index in [1.54, 1.807) is 67.6 Å². The molecule has 2 amide bonds. The maximum atomic E-state index is 14.4. The number of halogens is 2. The Balaban J connectivity index is 2.16. The van der Waals surface area contributed by atoms with Gasteiger partial charge in [-0.3, -0.25) is 9.59 Å². The predicted molar refractivity (Wildman–Crippen MR) is 111 cm³/mol. The third kappa shape index (κ3) is 4.46. The van der Waals surface area contributed by atoms with Gasteiger partial charge in [0.2, 0.25) is 5.91 Å². The van der Waals surface area contributed by atoms with E-state index in [2.05, 4.69) is 0 Å². The lowest BCUT2D eigenvalue weighted by Gasteiger charge is -2.35. The first-order valence-electron chi connectivity index (χ1n) is 9.07. The van der Waals surface area contributed by atoms with Crippen LogP contribution in [0.15, 0.2) is 78.9 Å². The smallest absolute Gasteiger partial charge is 0.258 e. The second-order valence-corrected chi connectivity index (χ2v) is 7.08. The van der Waals surface area contributed by atoms with Gasteiger partial charge >= 0.3 is 0 Å². The number of benzene rings is 3. The second-order valence-electron chi connectivity index (χ2n) is 6.64. The van der Waals surface area contributed by atoms with Crippen LogP contribution in [0.4, 0.5) is 4.39 Å². The van der Waals surface area contributed by atoms with Gasteiger partial charge in [-0.05, 0) is 42.3 Å². The van der Waals surface area contributed by atoms with Crippen molar-refractivity contribution < 1.29 is 14.0 Å². The summed E-state index contributed by atoms with van der Waals surface area (Å²) < 4.78 is 14.4. The van der Waals surface area contributed by atoms with Crippen LogP contribution in [-0.2, 0) is 4.79 Å². The lowest BCUT2D eigenvalue weighted by atomic mass is 9.98. The minimum Gasteiger partial charge on any atom is -0.368 e. The molecule has 6 heteroatoms. The number of hydrogen-bond acceptors (Lipinski definition) is 2. The van der Waals surface area contributed by atoms with Gasteiger partial charge in [-0.2, -0.15) is 0 Å². The molecule has 0 saturated carbocycles. The van der Waals surface area contributed by atoms with Crippen LogP contribution < -0.4 is 5.73 Å². The summed E-state index contributed by atoms with van der Waals surface area (Å²) in [5.74, 6) is -2.02. The zero-order chi connectivity index (χ0) is 21.0. The highest BCUT2D eigenvalue weighted by Gasteiger charge is 2.35. The molecule has 0 spiro atoms. The van der Waals surface area contributed by atoms with Gasteiger partial charge in [0.05, 0.1) is 11.6 Å². The van der Waals surface area contributed by atoms with Crippen molar-refractivity contribution in [2.45, 2.75) is 19.0 Å². The molecule has 148 valence electrons. The monoisotopic (exact) mass is 410 g/mol. The zero-order valence-electron chi connectivity index (χ0n) is 15.8. The van der Waals surface area contributed by atoms with Crippen molar-refractivity contribution in [2.75, 3.05) is 0 Å². The minimum absolute atomic E-state index is 0.136. The van der Waals surface area contributed by atoms with Gasteiger partial charge in [-0.25, -0.2) is 4.39 Å². The summed E-state index contributed by atoms with van der Waals surface area (Å²) in [4.78, 5) is 27.2. The number of primary amides is 1. The lowest BCUT2D eigenvalue weighted by molar-refractivity contribution is -0.123. The van der Waals surface area contributed by atoms with Crippen molar-refractivity contribution in [3.05, 3.63) is 106 Å². The van der Waals surface area contributed by atoms with E-state index >= 15 is 0 Å². The Labute approximate surface area is 173 Å². The lowest BCUT2D eigenvalue weighted by Crippen LogP contribution is -2.43. The van der Waals surface area contributed by atoms with Crippen molar-refractivity contribution in [1.29, 1.82) is 0 Å². The fourth-order valence-corrected chi connectivity index (χ4v) is 3.51. The van der Waals surface area contributed by atoms with Crippen molar-refractivity contribution in [3.63, 3.8) is 0 Å². The molecule has 2 N–H and O–H groups in total. The van der Waals surface area contributed by atoms with Crippen molar-refractivity contribution in [1.82, 2.24) is 4.90 Å². The fraction of sp³-hybridized carbons (Fsp3) is 0.130. The summed E-state index contributed by atoms with van der Waals surface area (Å²) in [5, 5.41) is 0.489. The van der Waals surface area contributed by atoms with Crippen LogP contribution in [0.2, 0.25) is 5.02 Å². The molecule has 0 aromatic heterocycles. The number of nitrogens with two attached hydrogens (primary N) is 1. The molecule has 0 heterocycles. The van der Waals surface area contributed by atoms with Gasteiger partial charge in [-0.1, -0.05) is 66.2 Å². The summed E-state index contributed by atoms with van der Waals surface area (Å²) >= 11 is 6.12. The number of rotatable bonds is 6. The van der Waals surface area contributed by atoms with E-state index in [0.717, 1.165) is 0 Å². The van der Waals surface area contributed by atoms with Gasteiger partial charge in [0.1, 0.15) is 11.9 Å². The molecule has 3 aromatic carbocycles. The molecular weight excluding hydrogens is 391 g/mol. The topological polar surface area (TPSA) is 63.4 Å². The third-order valence-corrected chi connectivity index (χ3v) is 4.99. The quantitative estimate of drug-likeness (QED) is 0.627. The SMILES string of the molecule is C[C@H](c1cccc(Cl)c1)N(C(=O)c1ccccc1F)[C@H](C(N)=O)c1ccccc1. The zero-order valence-corrected chi connectivity index (χ0v) is 16.5. The Kier molecular flexibility index (Phi) is 6.29. The van der Waals surface area contributed by atoms with Crippen molar-refractivity contribution >= 4 is 23.4 Å². The third-order valence-electron chi connectivity index (χ3n) is 4.75. The summed E-state index contributed by atoms with van der Waals surface area (Å²) in [6.45, 7) is 1.75. The van der Waals surface area contributed by atoms with Crippen LogP contribution >= 0.6 is 11.6 Å². The average molecular weight is 411 g/mol. The fourth-order valence-electron chi connectivity index (χ4n) is 3.31. The molecular formula is C23H20ClFN2O2. The van der Waals surface area contributed by atoms with E-state index in [1.165, 1.54) is 23.1 Å². The van der Waals surface area contributed by atoms with Crippen molar-refractivity contribution in [2.24, 2.45) is 5.73 Å². The number of hydrogen-bond donors (Lipinski definition) is 1. The Morgan fingerprint density at radius 3 is 2.17 bits per heavy atom. The Hall–Kier alpha value is -3.18. The van der Waals surface area contributed by atoms with Crippen LogP contribution in [0.1, 0.15) is 40.5 Å². The molecule has 0 fully saturated rings. The van der Waals surface area contributed by atoms with Crippen molar-refractivity contribution in [3.8, 4) is 0 Å². The van der Waals surface area contributed by atoms with Gasteiger partial charge in [0.25, 0.3) is 5.91 Å². The van der Waals surface area contributed by atoms with Gasteiger partial charge in [-0.15, -0.1) is 0 Å². The molecule has 0 aliphatic heterocycles. The normalized spacial score (nSPS) is 12.8. The highest BCUT2D eigenvalue weighted by molar-refractivity contribution is 6.30. The Morgan fingerprint density at radius 2 is 1.55 bits per heavy atom. The maximum Gasteiger partial charge on any atom is 0.258 e. The van der Waals surface area contributed by atoms with E-state index in [9.17, 15) is 14.0 Å². The molecule has 3 rings (SSSR count). The average Bonchev–Trinajstić information content (AvgIpc) is 2.71. The largest absolute Gasteiger partial charge is 0.368 e. The maximum absolute atomic E-state index is 14.4. The number of carbonyl (C=O) groups is 2. The first-order chi connectivity index (χ1) is 13.9. The first kappa shape index (κ1) is 20.6. The molecule has 2 atom stereocenters. The summed E-state index contributed by atoms with van der Waals surface area (Å²) in [6.07, 6.45) is 0. The summed E-state index contributed by atoms with van der Waals surface area (Å²) in [7, 11) is 0. The Bertz CT molecular complexity index is 1030. The number of amides is 2. The molecule has 0 bridgehead atoms. The molecule has 0 unspecified atom stereocenters. The van der Waals surface area contributed by atoms with Crippen LogP contribution in [0.25, 0.3) is 0 Å². The van der Waals surface area contributed by atoms with Gasteiger partial charge in [0.15, 0.2) is 0 Å². The van der Waals surface area contributed by atoms with Crippen LogP contribution in [0.5, 0.6) is 0 Å². The molecule has 3 aromatic rings. The van der Waals surface area contributed by atoms with Crippen LogP contribution in [-0.4, -0.2) is 16.7 Å². The minimum atomic E-state index is -1.09. The standard InChI is InChI=1S/C23H20ClFN2O2/c1-15(17-10-7-11-18(24)14-17)27(23(29)19-12-5-6-13-20(19)25)21(22(26)28)16-8-3-2-4-9-16/h2-15,21H,1H3,(H2,26,28)/t15-,21+/m1/s1. The number of nitrogens with zero attached hydrogens (tertiary/aromatic N) is 1. The summed E-state index contributed by atoms with van der Waals surface area (Å²) in [6, 6.07) is 19.7.